The molecule has 6 nitrogen and oxygen atoms in total. The van der Waals surface area contributed by atoms with Crippen molar-refractivity contribution in [2.45, 2.75) is 19.4 Å². The molecule has 0 spiro atoms. The first-order valence-electron chi connectivity index (χ1n) is 3.12. The van der Waals surface area contributed by atoms with Gasteiger partial charge in [0, 0.05) is 0 Å². The van der Waals surface area contributed by atoms with E-state index in [0.29, 0.717) is 0 Å². The van der Waals surface area contributed by atoms with Crippen LogP contribution in [0.5, 0.6) is 0 Å². The molecule has 0 bridgehead atoms. The van der Waals surface area contributed by atoms with E-state index in [1.165, 1.54) is 6.92 Å². The van der Waals surface area contributed by atoms with Crippen molar-refractivity contribution in [1.29, 1.82) is 0 Å². The van der Waals surface area contributed by atoms with Gasteiger partial charge in [-0.25, -0.2) is 4.79 Å². The fourth-order valence-electron chi connectivity index (χ4n) is 0.253. The molecule has 4 N–H and O–H groups in total. The van der Waals surface area contributed by atoms with Gasteiger partial charge in [0.25, 0.3) is 0 Å². The summed E-state index contributed by atoms with van der Waals surface area (Å²) in [5.74, 6) is -2.15. The summed E-state index contributed by atoms with van der Waals surface area (Å²) in [6.45, 7) is 0.661. The van der Waals surface area contributed by atoms with Crippen LogP contribution in [0.1, 0.15) is 13.3 Å². The van der Waals surface area contributed by atoms with Gasteiger partial charge in [-0.05, 0) is 6.92 Å². The molecule has 0 aromatic heterocycles. The molecule has 0 amide bonds. The van der Waals surface area contributed by atoms with Crippen molar-refractivity contribution in [1.82, 2.24) is 0 Å². The molecule has 0 aliphatic heterocycles. The molecule has 0 heterocycles. The van der Waals surface area contributed by atoms with Crippen LogP contribution in [0.2, 0.25) is 0 Å². The Morgan fingerprint density at radius 1 is 1.25 bits per heavy atom. The molecule has 0 radical (unpaired) electrons. The molecule has 1 unspecified atom stereocenters. The van der Waals surface area contributed by atoms with Crippen molar-refractivity contribution < 1.29 is 30.0 Å². The predicted octanol–water partition coefficient (Wildman–Crippen LogP) is -1.09. The first-order valence-corrected chi connectivity index (χ1v) is 3.12. The number of aliphatic hydroxyl groups is 2. The number of aliphatic hydroxyl groups excluding tert-OH is 2. The molecule has 0 aromatic carbocycles. The molecule has 0 fully saturated rings. The second-order valence-electron chi connectivity index (χ2n) is 2.00. The molecule has 0 aliphatic carbocycles. The van der Waals surface area contributed by atoms with Crippen LogP contribution < -0.4 is 0 Å². The Labute approximate surface area is 69.1 Å². The van der Waals surface area contributed by atoms with Gasteiger partial charge in [-0.1, -0.05) is 0 Å². The van der Waals surface area contributed by atoms with Crippen LogP contribution >= 0.6 is 0 Å². The van der Waals surface area contributed by atoms with Gasteiger partial charge in [0.15, 0.2) is 0 Å². The van der Waals surface area contributed by atoms with E-state index in [2.05, 4.69) is 0 Å². The van der Waals surface area contributed by atoms with E-state index in [9.17, 15) is 4.79 Å². The zero-order valence-electron chi connectivity index (χ0n) is 6.60. The van der Waals surface area contributed by atoms with E-state index in [-0.39, 0.29) is 6.42 Å². The van der Waals surface area contributed by atoms with Crippen LogP contribution in [0.25, 0.3) is 0 Å². The number of rotatable bonds is 3. The first-order chi connectivity index (χ1) is 5.40. The Kier molecular flexibility index (Phi) is 8.92. The summed E-state index contributed by atoms with van der Waals surface area (Å²) in [4.78, 5) is 18.8. The molecule has 72 valence electrons. The molecular formula is C6H12O6. The molecule has 6 heteroatoms. The zero-order chi connectivity index (χ0) is 10.1. The monoisotopic (exact) mass is 180 g/mol. The summed E-state index contributed by atoms with van der Waals surface area (Å²) in [5.41, 5.74) is 0. The molecule has 0 saturated carbocycles. The lowest BCUT2D eigenvalue weighted by molar-refractivity contribution is -0.140. The fraction of sp³-hybridized carbons (Fsp3) is 0.667. The van der Waals surface area contributed by atoms with Gasteiger partial charge in [-0.3, -0.25) is 4.79 Å². The van der Waals surface area contributed by atoms with Crippen LogP contribution in [0.4, 0.5) is 0 Å². The Morgan fingerprint density at radius 3 is 1.58 bits per heavy atom. The van der Waals surface area contributed by atoms with Crippen LogP contribution in [0, 0.1) is 0 Å². The molecule has 1 atom stereocenters. The minimum atomic E-state index is -1.19. The number of carboxylic acid groups (broad SMARTS) is 2. The minimum Gasteiger partial charge on any atom is -0.481 e. The van der Waals surface area contributed by atoms with E-state index in [1.807, 2.05) is 0 Å². The maximum absolute atomic E-state index is 9.65. The van der Waals surface area contributed by atoms with Gasteiger partial charge < -0.3 is 20.4 Å². The highest BCUT2D eigenvalue weighted by Gasteiger charge is 2.00. The highest BCUT2D eigenvalue weighted by molar-refractivity contribution is 5.67. The minimum absolute atomic E-state index is 0.167. The van der Waals surface area contributed by atoms with Gasteiger partial charge in [-0.2, -0.15) is 0 Å². The third kappa shape index (κ3) is 23.2. The van der Waals surface area contributed by atoms with E-state index < -0.39 is 24.6 Å². The Bertz CT molecular complexity index is 141. The second kappa shape index (κ2) is 7.96. The van der Waals surface area contributed by atoms with Crippen molar-refractivity contribution in [3.8, 4) is 0 Å². The quantitative estimate of drug-likeness (QED) is 0.438. The lowest BCUT2D eigenvalue weighted by atomic mass is 10.3. The van der Waals surface area contributed by atoms with E-state index >= 15 is 0 Å². The van der Waals surface area contributed by atoms with Crippen LogP contribution in [-0.4, -0.2) is 45.1 Å². The normalized spacial score (nSPS) is 10.9. The van der Waals surface area contributed by atoms with Gasteiger partial charge in [-0.15, -0.1) is 0 Å². The molecular weight excluding hydrogens is 168 g/mol. The molecule has 0 aliphatic rings. The van der Waals surface area contributed by atoms with Crippen LogP contribution in [0.15, 0.2) is 0 Å². The van der Waals surface area contributed by atoms with E-state index in [1.54, 1.807) is 0 Å². The lowest BCUT2D eigenvalue weighted by Crippen LogP contribution is -2.07. The molecule has 0 rings (SSSR count). The molecule has 12 heavy (non-hydrogen) atoms. The number of hydrogen-bond acceptors (Lipinski definition) is 4. The number of carbonyl (C=O) groups is 2. The van der Waals surface area contributed by atoms with E-state index in [4.69, 9.17) is 25.2 Å². The Hall–Kier alpha value is -1.14. The lowest BCUT2D eigenvalue weighted by Gasteiger charge is -1.94. The van der Waals surface area contributed by atoms with Crippen molar-refractivity contribution in [2.75, 3.05) is 6.61 Å². The smallest absolute Gasteiger partial charge is 0.329 e. The molecule has 0 saturated heterocycles. The first kappa shape index (κ1) is 13.4. The van der Waals surface area contributed by atoms with E-state index in [0.717, 1.165) is 0 Å². The Balaban J connectivity index is 0. The van der Waals surface area contributed by atoms with Gasteiger partial charge in [0.2, 0.25) is 0 Å². The largest absolute Gasteiger partial charge is 0.481 e. The number of aliphatic carboxylic acids is 2. The average molecular weight is 180 g/mol. The van der Waals surface area contributed by atoms with Gasteiger partial charge in [0.1, 0.15) is 6.61 Å². The van der Waals surface area contributed by atoms with Crippen LogP contribution in [0.3, 0.4) is 0 Å². The van der Waals surface area contributed by atoms with Crippen molar-refractivity contribution >= 4 is 11.9 Å². The third-order valence-corrected chi connectivity index (χ3v) is 0.605. The number of carboxylic acids is 2. The molecule has 0 aromatic rings. The van der Waals surface area contributed by atoms with Crippen LogP contribution in [-0.2, 0) is 9.59 Å². The second-order valence-corrected chi connectivity index (χ2v) is 2.00. The SMILES string of the molecule is CC(O)CC(=O)O.O=C(O)CO. The summed E-state index contributed by atoms with van der Waals surface area (Å²) in [5, 5.41) is 31.3. The maximum atomic E-state index is 9.65. The topological polar surface area (TPSA) is 115 Å². The van der Waals surface area contributed by atoms with Crippen molar-refractivity contribution in [3.05, 3.63) is 0 Å². The summed E-state index contributed by atoms with van der Waals surface area (Å²) < 4.78 is 0. The van der Waals surface area contributed by atoms with Crippen molar-refractivity contribution in [3.63, 3.8) is 0 Å². The predicted molar refractivity (Wildman–Crippen MR) is 38.7 cm³/mol. The summed E-state index contributed by atoms with van der Waals surface area (Å²) in [6.07, 6.45) is -0.891. The highest BCUT2D eigenvalue weighted by atomic mass is 16.4. The Morgan fingerprint density at radius 2 is 1.58 bits per heavy atom. The maximum Gasteiger partial charge on any atom is 0.329 e. The van der Waals surface area contributed by atoms with Gasteiger partial charge >= 0.3 is 11.9 Å². The fourth-order valence-corrected chi connectivity index (χ4v) is 0.253. The summed E-state index contributed by atoms with van der Waals surface area (Å²) in [6, 6.07) is 0. The third-order valence-electron chi connectivity index (χ3n) is 0.605. The zero-order valence-corrected chi connectivity index (χ0v) is 6.60. The van der Waals surface area contributed by atoms with Gasteiger partial charge in [0.05, 0.1) is 12.5 Å². The summed E-state index contributed by atoms with van der Waals surface area (Å²) >= 11 is 0. The number of hydrogen-bond donors (Lipinski definition) is 4. The van der Waals surface area contributed by atoms with Crippen molar-refractivity contribution in [2.24, 2.45) is 0 Å². The average Bonchev–Trinajstić information content (AvgIpc) is 1.85. The summed E-state index contributed by atoms with van der Waals surface area (Å²) in [7, 11) is 0. The highest BCUT2D eigenvalue weighted by Crippen LogP contribution is 1.85. The standard InChI is InChI=1S/C4H8O3.C2H4O3/c1-3(5)2-4(6)7;3-1-2(4)5/h3,5H,2H2,1H3,(H,6,7);3H,1H2,(H,4,5).